The van der Waals surface area contributed by atoms with Crippen molar-refractivity contribution in [1.29, 1.82) is 0 Å². The van der Waals surface area contributed by atoms with E-state index in [1.54, 1.807) is 24.3 Å². The monoisotopic (exact) mass is 506 g/mol. The minimum atomic E-state index is -0.198. The van der Waals surface area contributed by atoms with Gasteiger partial charge in [0.25, 0.3) is 11.8 Å². The molecule has 2 aliphatic rings. The summed E-state index contributed by atoms with van der Waals surface area (Å²) >= 11 is 0. The molecule has 0 aromatic heterocycles. The van der Waals surface area contributed by atoms with Gasteiger partial charge in [-0.05, 0) is 89.5 Å². The first kappa shape index (κ1) is 28.5. The third-order valence-corrected chi connectivity index (χ3v) is 4.88. The van der Waals surface area contributed by atoms with Crippen LogP contribution in [0.2, 0.25) is 0 Å². The van der Waals surface area contributed by atoms with E-state index in [2.05, 4.69) is 21.1 Å². The average molecular weight is 506 g/mol. The van der Waals surface area contributed by atoms with Gasteiger partial charge in [-0.1, -0.05) is 36.4 Å². The first-order chi connectivity index (χ1) is 16.5. The van der Waals surface area contributed by atoms with Crippen molar-refractivity contribution in [3.63, 3.8) is 0 Å². The molecule has 0 saturated heterocycles. The van der Waals surface area contributed by atoms with Crippen molar-refractivity contribution in [2.45, 2.75) is 13.8 Å². The van der Waals surface area contributed by atoms with E-state index in [1.165, 1.54) is 0 Å². The van der Waals surface area contributed by atoms with Crippen molar-refractivity contribution in [2.75, 3.05) is 0 Å². The predicted molar refractivity (Wildman–Crippen MR) is 135 cm³/mol. The number of hydrogen-bond acceptors (Lipinski definition) is 4. The molecule has 2 N–H and O–H groups in total. The van der Waals surface area contributed by atoms with E-state index in [1.807, 2.05) is 102 Å². The molecule has 178 valence electrons. The van der Waals surface area contributed by atoms with Crippen LogP contribution in [0, 0.1) is 63.2 Å². The molecule has 0 aliphatic heterocycles. The maximum Gasteiger partial charge on any atom is 0.271 e. The van der Waals surface area contributed by atoms with Gasteiger partial charge in [-0.2, -0.15) is 10.2 Å². The number of nitrogens with one attached hydrogen (secondary N) is 2. The molecule has 6 nitrogen and oxygen atoms in total. The second-order valence-corrected chi connectivity index (χ2v) is 7.36. The van der Waals surface area contributed by atoms with E-state index < -0.39 is 0 Å². The standard InChI is InChI=1S/2C14H13N2O.Fe/c2*1-11(12-7-5-6-8-12)15-16-14(17)13-9-3-2-4-10-13;/h2*2-10H,1H3,(H,16,17);/b2*15-11+;. The molecule has 4 rings (SSSR count). The molecule has 10 radical (unpaired) electrons. The summed E-state index contributed by atoms with van der Waals surface area (Å²) < 4.78 is 0. The summed E-state index contributed by atoms with van der Waals surface area (Å²) in [5, 5.41) is 8.12. The molecule has 2 aromatic carbocycles. The van der Waals surface area contributed by atoms with Crippen LogP contribution in [0.5, 0.6) is 0 Å². The van der Waals surface area contributed by atoms with Crippen LogP contribution in [0.25, 0.3) is 0 Å². The number of hydrazone groups is 2. The Balaban J connectivity index is 0.000000240. The molecule has 35 heavy (non-hydrogen) atoms. The molecule has 0 heterocycles. The number of rotatable bonds is 6. The number of carbonyl (C=O) groups is 2. The van der Waals surface area contributed by atoms with E-state index in [4.69, 9.17) is 0 Å². The zero-order valence-electron chi connectivity index (χ0n) is 19.5. The van der Waals surface area contributed by atoms with Gasteiger partial charge in [0.1, 0.15) is 0 Å². The molecule has 0 atom stereocenters. The molecule has 7 heteroatoms. The van der Waals surface area contributed by atoms with Gasteiger partial charge >= 0.3 is 0 Å². The number of benzene rings is 2. The summed E-state index contributed by atoms with van der Waals surface area (Å²) in [4.78, 5) is 23.4. The van der Waals surface area contributed by atoms with Crippen molar-refractivity contribution in [3.05, 3.63) is 135 Å². The van der Waals surface area contributed by atoms with E-state index in [9.17, 15) is 9.59 Å². The average Bonchev–Trinajstić information content (AvgIpc) is 3.62. The SMILES string of the molecule is C/C(=N\NC(=O)c1ccccc1)[C]1[CH][CH][CH][CH]1.C/C(=N\NC(=O)c1ccccc1)[C]1[CH][CH][CH][CH]1.[Fe]. The minimum absolute atomic E-state index is 0. The van der Waals surface area contributed by atoms with Crippen molar-refractivity contribution < 1.29 is 26.7 Å². The van der Waals surface area contributed by atoms with Crippen molar-refractivity contribution in [3.8, 4) is 0 Å². The maximum atomic E-state index is 11.7. The second kappa shape index (κ2) is 15.3. The molecular formula is C28H26FeN4O2. The van der Waals surface area contributed by atoms with E-state index in [-0.39, 0.29) is 28.9 Å². The van der Waals surface area contributed by atoms with Crippen LogP contribution in [-0.2, 0) is 17.1 Å². The Bertz CT molecular complexity index is 899. The first-order valence-electron chi connectivity index (χ1n) is 10.8. The van der Waals surface area contributed by atoms with Crippen LogP contribution < -0.4 is 10.9 Å². The Hall–Kier alpha value is -2.76. The maximum absolute atomic E-state index is 11.7. The van der Waals surface area contributed by atoms with Crippen LogP contribution in [0.4, 0.5) is 0 Å². The van der Waals surface area contributed by atoms with Gasteiger partial charge in [0.15, 0.2) is 0 Å². The summed E-state index contributed by atoms with van der Waals surface area (Å²) in [6.07, 6.45) is 15.6. The Morgan fingerprint density at radius 1 is 0.571 bits per heavy atom. The van der Waals surface area contributed by atoms with Crippen LogP contribution in [0.15, 0.2) is 70.9 Å². The molecule has 2 saturated carbocycles. The van der Waals surface area contributed by atoms with Gasteiger partial charge in [0, 0.05) is 51.5 Å². The van der Waals surface area contributed by atoms with Crippen molar-refractivity contribution in [1.82, 2.24) is 10.9 Å². The fourth-order valence-corrected chi connectivity index (χ4v) is 2.94. The van der Waals surface area contributed by atoms with Crippen LogP contribution >= 0.6 is 0 Å². The van der Waals surface area contributed by atoms with E-state index >= 15 is 0 Å². The smallest absolute Gasteiger partial charge is 0.267 e. The molecule has 0 bridgehead atoms. The van der Waals surface area contributed by atoms with E-state index in [0.717, 1.165) is 23.3 Å². The largest absolute Gasteiger partial charge is 0.271 e. The summed E-state index contributed by atoms with van der Waals surface area (Å²) in [6.45, 7) is 3.72. The second-order valence-electron chi connectivity index (χ2n) is 7.36. The number of amides is 2. The summed E-state index contributed by atoms with van der Waals surface area (Å²) in [7, 11) is 0. The summed E-state index contributed by atoms with van der Waals surface area (Å²) in [6, 6.07) is 18.0. The van der Waals surface area contributed by atoms with Crippen molar-refractivity contribution in [2.24, 2.45) is 10.2 Å². The number of carbonyl (C=O) groups excluding carboxylic acids is 2. The van der Waals surface area contributed by atoms with Gasteiger partial charge in [0.05, 0.1) is 0 Å². The zero-order valence-corrected chi connectivity index (χ0v) is 20.6. The summed E-state index contributed by atoms with van der Waals surface area (Å²) in [5.74, 6) is 1.63. The molecule has 0 spiro atoms. The van der Waals surface area contributed by atoms with Gasteiger partial charge < -0.3 is 0 Å². The van der Waals surface area contributed by atoms with Gasteiger partial charge in [-0.3, -0.25) is 9.59 Å². The van der Waals surface area contributed by atoms with Gasteiger partial charge in [-0.25, -0.2) is 10.9 Å². The molecule has 0 unspecified atom stereocenters. The Morgan fingerprint density at radius 3 is 1.20 bits per heavy atom. The third kappa shape index (κ3) is 9.42. The van der Waals surface area contributed by atoms with Gasteiger partial charge in [0.2, 0.25) is 0 Å². The minimum Gasteiger partial charge on any atom is -0.267 e. The van der Waals surface area contributed by atoms with Crippen molar-refractivity contribution >= 4 is 23.2 Å². The Morgan fingerprint density at radius 2 is 0.886 bits per heavy atom. The van der Waals surface area contributed by atoms with E-state index in [0.29, 0.717) is 11.1 Å². The van der Waals surface area contributed by atoms with Crippen LogP contribution in [-0.4, -0.2) is 23.2 Å². The third-order valence-electron chi connectivity index (χ3n) is 4.88. The molecule has 2 aromatic rings. The van der Waals surface area contributed by atoms with Crippen LogP contribution in [0.3, 0.4) is 0 Å². The number of nitrogens with zero attached hydrogens (tertiary/aromatic N) is 2. The van der Waals surface area contributed by atoms with Gasteiger partial charge in [-0.15, -0.1) is 0 Å². The molecule has 2 fully saturated rings. The summed E-state index contributed by atoms with van der Waals surface area (Å²) in [5.41, 5.74) is 7.86. The Labute approximate surface area is 219 Å². The molecule has 2 amide bonds. The number of hydrogen-bond donors (Lipinski definition) is 2. The Kier molecular flexibility index (Phi) is 12.4. The quantitative estimate of drug-likeness (QED) is 0.346. The zero-order chi connectivity index (χ0) is 24.2. The fourth-order valence-electron chi connectivity index (χ4n) is 2.94. The fraction of sp³-hybridized carbons (Fsp3) is 0.0714. The van der Waals surface area contributed by atoms with Crippen LogP contribution in [0.1, 0.15) is 34.6 Å². The topological polar surface area (TPSA) is 82.9 Å². The predicted octanol–water partition coefficient (Wildman–Crippen LogP) is 4.39. The molecular weight excluding hydrogens is 480 g/mol. The molecule has 2 aliphatic carbocycles. The normalized spacial score (nSPS) is 16.6. The first-order valence-corrected chi connectivity index (χ1v) is 10.8.